The van der Waals surface area contributed by atoms with Crippen LogP contribution in [-0.2, 0) is 13.6 Å². The highest BCUT2D eigenvalue weighted by atomic mass is 32.1. The maximum Gasteiger partial charge on any atom is 0.171 e. The number of hydrogen-bond acceptors (Lipinski definition) is 2. The summed E-state index contributed by atoms with van der Waals surface area (Å²) in [6, 6.07) is 11.8. The molecular formula is C12H14N4S. The van der Waals surface area contributed by atoms with Crippen LogP contribution in [0.4, 0.5) is 5.69 Å². The summed E-state index contributed by atoms with van der Waals surface area (Å²) in [5.41, 5.74) is 1.94. The lowest BCUT2D eigenvalue weighted by molar-refractivity contribution is 0.731. The van der Waals surface area contributed by atoms with Crippen LogP contribution < -0.4 is 10.6 Å². The molecule has 0 fully saturated rings. The highest BCUT2D eigenvalue weighted by Crippen LogP contribution is 2.04. The summed E-state index contributed by atoms with van der Waals surface area (Å²) in [6.07, 6.45) is 1.91. The molecular weight excluding hydrogens is 232 g/mol. The molecule has 0 saturated heterocycles. The largest absolute Gasteiger partial charge is 0.357 e. The molecule has 88 valence electrons. The first-order chi connectivity index (χ1) is 8.24. The number of benzene rings is 1. The maximum absolute atomic E-state index is 5.19. The minimum absolute atomic E-state index is 0.599. The van der Waals surface area contributed by atoms with Crippen molar-refractivity contribution < 1.29 is 0 Å². The van der Waals surface area contributed by atoms with Crippen molar-refractivity contribution in [1.82, 2.24) is 15.1 Å². The second-order valence-electron chi connectivity index (χ2n) is 3.65. The number of aryl methyl sites for hydroxylation is 1. The van der Waals surface area contributed by atoms with Crippen LogP contribution in [0.3, 0.4) is 0 Å². The molecule has 1 heterocycles. The molecule has 17 heavy (non-hydrogen) atoms. The van der Waals surface area contributed by atoms with Gasteiger partial charge in [-0.25, -0.2) is 0 Å². The summed E-state index contributed by atoms with van der Waals surface area (Å²) in [4.78, 5) is 0. The first-order valence-electron chi connectivity index (χ1n) is 5.32. The van der Waals surface area contributed by atoms with E-state index in [0.29, 0.717) is 11.7 Å². The molecule has 0 aliphatic rings. The van der Waals surface area contributed by atoms with Gasteiger partial charge in [0.05, 0.1) is 12.2 Å². The van der Waals surface area contributed by atoms with Gasteiger partial charge in [0.2, 0.25) is 0 Å². The van der Waals surface area contributed by atoms with Crippen LogP contribution in [0.15, 0.2) is 42.6 Å². The zero-order valence-corrected chi connectivity index (χ0v) is 10.4. The van der Waals surface area contributed by atoms with Crippen molar-refractivity contribution in [3.8, 4) is 0 Å². The van der Waals surface area contributed by atoms with Gasteiger partial charge in [-0.15, -0.1) is 0 Å². The van der Waals surface area contributed by atoms with Gasteiger partial charge in [0.1, 0.15) is 0 Å². The van der Waals surface area contributed by atoms with Crippen molar-refractivity contribution >= 4 is 23.0 Å². The summed E-state index contributed by atoms with van der Waals surface area (Å²) in [5.74, 6) is 0. The zero-order valence-electron chi connectivity index (χ0n) is 9.55. The number of rotatable bonds is 3. The summed E-state index contributed by atoms with van der Waals surface area (Å²) >= 11 is 5.19. The Kier molecular flexibility index (Phi) is 3.72. The Hall–Kier alpha value is -1.88. The molecule has 0 saturated carbocycles. The standard InChI is InChI=1S/C12H14N4S/c1-16-8-7-11(15-16)9-13-12(17)14-10-5-3-2-4-6-10/h2-8H,9H2,1H3,(H2,13,14,17). The van der Waals surface area contributed by atoms with Crippen molar-refractivity contribution in [3.63, 3.8) is 0 Å². The van der Waals surface area contributed by atoms with E-state index < -0.39 is 0 Å². The molecule has 0 atom stereocenters. The Morgan fingerprint density at radius 2 is 2.06 bits per heavy atom. The van der Waals surface area contributed by atoms with Crippen LogP contribution in [0.5, 0.6) is 0 Å². The highest BCUT2D eigenvalue weighted by molar-refractivity contribution is 7.80. The summed E-state index contributed by atoms with van der Waals surface area (Å²) in [7, 11) is 1.89. The summed E-state index contributed by atoms with van der Waals surface area (Å²) in [6.45, 7) is 0.625. The predicted octanol–water partition coefficient (Wildman–Crippen LogP) is 1.91. The molecule has 0 aliphatic heterocycles. The van der Waals surface area contributed by atoms with Crippen LogP contribution in [0.25, 0.3) is 0 Å². The van der Waals surface area contributed by atoms with Gasteiger partial charge in [-0.3, -0.25) is 4.68 Å². The van der Waals surface area contributed by atoms with E-state index in [1.807, 2.05) is 49.6 Å². The van der Waals surface area contributed by atoms with Gasteiger partial charge < -0.3 is 10.6 Å². The molecule has 2 aromatic rings. The van der Waals surface area contributed by atoms with E-state index in [4.69, 9.17) is 12.2 Å². The fraction of sp³-hybridized carbons (Fsp3) is 0.167. The van der Waals surface area contributed by atoms with Gasteiger partial charge >= 0.3 is 0 Å². The number of nitrogens with one attached hydrogen (secondary N) is 2. The number of para-hydroxylation sites is 1. The Bertz CT molecular complexity index is 492. The SMILES string of the molecule is Cn1ccc(CNC(=S)Nc2ccccc2)n1. The van der Waals surface area contributed by atoms with E-state index >= 15 is 0 Å². The molecule has 0 radical (unpaired) electrons. The van der Waals surface area contributed by atoms with E-state index in [1.165, 1.54) is 0 Å². The number of hydrogen-bond donors (Lipinski definition) is 2. The molecule has 0 amide bonds. The van der Waals surface area contributed by atoms with Crippen LogP contribution in [0.1, 0.15) is 5.69 Å². The van der Waals surface area contributed by atoms with E-state index in [-0.39, 0.29) is 0 Å². The van der Waals surface area contributed by atoms with Gasteiger partial charge in [-0.2, -0.15) is 5.10 Å². The molecule has 2 N–H and O–H groups in total. The Labute approximate surface area is 106 Å². The molecule has 1 aromatic carbocycles. The van der Waals surface area contributed by atoms with E-state index in [9.17, 15) is 0 Å². The smallest absolute Gasteiger partial charge is 0.171 e. The van der Waals surface area contributed by atoms with Gasteiger partial charge in [0.25, 0.3) is 0 Å². The van der Waals surface area contributed by atoms with Gasteiger partial charge in [-0.1, -0.05) is 18.2 Å². The Morgan fingerprint density at radius 1 is 1.29 bits per heavy atom. The lowest BCUT2D eigenvalue weighted by Gasteiger charge is -2.08. The monoisotopic (exact) mass is 246 g/mol. The van der Waals surface area contributed by atoms with E-state index in [2.05, 4.69) is 15.7 Å². The van der Waals surface area contributed by atoms with Crippen LogP contribution in [0, 0.1) is 0 Å². The third-order valence-electron chi connectivity index (χ3n) is 2.23. The Morgan fingerprint density at radius 3 is 2.71 bits per heavy atom. The third kappa shape index (κ3) is 3.57. The maximum atomic E-state index is 5.19. The first-order valence-corrected chi connectivity index (χ1v) is 5.73. The minimum Gasteiger partial charge on any atom is -0.357 e. The highest BCUT2D eigenvalue weighted by Gasteiger charge is 1.99. The minimum atomic E-state index is 0.599. The average Bonchev–Trinajstić information content (AvgIpc) is 2.74. The topological polar surface area (TPSA) is 41.9 Å². The molecule has 1 aromatic heterocycles. The fourth-order valence-corrected chi connectivity index (χ4v) is 1.62. The molecule has 4 nitrogen and oxygen atoms in total. The molecule has 0 bridgehead atoms. The van der Waals surface area contributed by atoms with Gasteiger partial charge in [0.15, 0.2) is 5.11 Å². The predicted molar refractivity (Wildman–Crippen MR) is 72.7 cm³/mol. The number of aromatic nitrogens is 2. The lowest BCUT2D eigenvalue weighted by atomic mass is 10.3. The molecule has 0 aliphatic carbocycles. The average molecular weight is 246 g/mol. The van der Waals surface area contributed by atoms with Gasteiger partial charge in [-0.05, 0) is 30.4 Å². The van der Waals surface area contributed by atoms with E-state index in [0.717, 1.165) is 11.4 Å². The van der Waals surface area contributed by atoms with Gasteiger partial charge in [0, 0.05) is 18.9 Å². The van der Waals surface area contributed by atoms with Crippen molar-refractivity contribution in [2.24, 2.45) is 7.05 Å². The molecule has 2 rings (SSSR count). The van der Waals surface area contributed by atoms with Crippen molar-refractivity contribution in [3.05, 3.63) is 48.3 Å². The normalized spacial score (nSPS) is 9.94. The summed E-state index contributed by atoms with van der Waals surface area (Å²) < 4.78 is 1.77. The van der Waals surface area contributed by atoms with Crippen LogP contribution in [-0.4, -0.2) is 14.9 Å². The van der Waals surface area contributed by atoms with Crippen molar-refractivity contribution in [2.45, 2.75) is 6.54 Å². The number of thiocarbonyl (C=S) groups is 1. The fourth-order valence-electron chi connectivity index (χ4n) is 1.43. The first kappa shape index (κ1) is 11.6. The van der Waals surface area contributed by atoms with Crippen LogP contribution in [0.2, 0.25) is 0 Å². The zero-order chi connectivity index (χ0) is 12.1. The van der Waals surface area contributed by atoms with Crippen LogP contribution >= 0.6 is 12.2 Å². The number of nitrogens with zero attached hydrogens (tertiary/aromatic N) is 2. The summed E-state index contributed by atoms with van der Waals surface area (Å²) in [5, 5.41) is 11.1. The van der Waals surface area contributed by atoms with Crippen molar-refractivity contribution in [1.29, 1.82) is 0 Å². The molecule has 0 spiro atoms. The number of anilines is 1. The van der Waals surface area contributed by atoms with E-state index in [1.54, 1.807) is 4.68 Å². The lowest BCUT2D eigenvalue weighted by Crippen LogP contribution is -2.28. The second-order valence-corrected chi connectivity index (χ2v) is 4.06. The Balaban J connectivity index is 1.82. The molecule has 5 heteroatoms. The third-order valence-corrected chi connectivity index (χ3v) is 2.48. The van der Waals surface area contributed by atoms with Crippen molar-refractivity contribution in [2.75, 3.05) is 5.32 Å². The quantitative estimate of drug-likeness (QED) is 0.812. The molecule has 0 unspecified atom stereocenters. The second kappa shape index (κ2) is 5.45.